The molecule has 12 N–H and O–H groups in total. The molecular formula is C57H99NO18. The second kappa shape index (κ2) is 40.6. The van der Waals surface area contributed by atoms with Crippen molar-refractivity contribution < 1.29 is 89.4 Å². The van der Waals surface area contributed by atoms with Gasteiger partial charge in [-0.3, -0.25) is 4.79 Å². The Bertz CT molecular complexity index is 1630. The highest BCUT2D eigenvalue weighted by Gasteiger charge is 2.53. The highest BCUT2D eigenvalue weighted by Crippen LogP contribution is 2.33. The number of hydrogen-bond acceptors (Lipinski definition) is 18. The van der Waals surface area contributed by atoms with Gasteiger partial charge >= 0.3 is 0 Å². The largest absolute Gasteiger partial charge is 0.394 e. The van der Waals surface area contributed by atoms with Crippen LogP contribution >= 0.6 is 0 Å². The number of aliphatic hydroxyl groups is 11. The second-order valence-electron chi connectivity index (χ2n) is 20.4. The van der Waals surface area contributed by atoms with Crippen molar-refractivity contribution in [2.24, 2.45) is 0 Å². The molecule has 76 heavy (non-hydrogen) atoms. The van der Waals surface area contributed by atoms with Crippen LogP contribution in [-0.4, -0.2) is 193 Å². The first-order chi connectivity index (χ1) is 36.8. The van der Waals surface area contributed by atoms with E-state index < -0.39 is 124 Å². The van der Waals surface area contributed by atoms with Crippen LogP contribution in [0, 0.1) is 0 Å². The quantitative estimate of drug-likeness (QED) is 0.0304. The Morgan fingerprint density at radius 2 is 0.882 bits per heavy atom. The minimum absolute atomic E-state index is 0.220. The van der Waals surface area contributed by atoms with E-state index in [1.165, 1.54) is 44.9 Å². The molecule has 0 saturated carbocycles. The second-order valence-corrected chi connectivity index (χ2v) is 20.4. The number of rotatable bonds is 40. The molecule has 0 spiro atoms. The summed E-state index contributed by atoms with van der Waals surface area (Å²) >= 11 is 0. The fourth-order valence-corrected chi connectivity index (χ4v) is 9.25. The number of carbonyl (C=O) groups is 1. The van der Waals surface area contributed by atoms with E-state index in [9.17, 15) is 61.0 Å². The number of aliphatic hydroxyl groups excluding tert-OH is 11. The molecule has 3 aliphatic rings. The Balaban J connectivity index is 1.54. The first kappa shape index (κ1) is 67.8. The first-order valence-electron chi connectivity index (χ1n) is 28.5. The van der Waals surface area contributed by atoms with E-state index in [4.69, 9.17) is 28.4 Å². The van der Waals surface area contributed by atoms with E-state index in [2.05, 4.69) is 67.8 Å². The van der Waals surface area contributed by atoms with Crippen LogP contribution in [0.15, 0.2) is 60.8 Å². The van der Waals surface area contributed by atoms with E-state index >= 15 is 0 Å². The fraction of sp³-hybridized carbons (Fsp3) is 0.807. The molecule has 1 amide bonds. The lowest BCUT2D eigenvalue weighted by molar-refractivity contribution is -0.379. The van der Waals surface area contributed by atoms with E-state index in [0.29, 0.717) is 12.8 Å². The monoisotopic (exact) mass is 1090 g/mol. The summed E-state index contributed by atoms with van der Waals surface area (Å²) in [5, 5.41) is 120. The predicted octanol–water partition coefficient (Wildman–Crippen LogP) is 4.09. The highest BCUT2D eigenvalue weighted by molar-refractivity contribution is 5.76. The standard InChI is InChI=1S/C57H99NO18/c1-3-5-7-9-11-13-15-17-19-20-21-23-25-27-29-31-33-35-45(63)58-40(41(62)34-32-30-28-26-24-22-18-16-14-12-10-8-6-4-2)39-71-55-51(69)48(66)53(43(37-60)73-55)76-57-52(70)49(67)54(44(38-61)74-57)75-56-50(68)47(65)46(64)42(36-59)72-56/h11,13-14,16-17,19,24,26,32,34,40-44,46-57,59-62,64-70H,3-10,12,15,18,20-23,25,27-31,33,35-39H2,1-2H3,(H,58,63)/b13-11-,16-14+,19-17-,26-24+,34-32+. The number of carbonyl (C=O) groups excluding carboxylic acids is 1. The number of unbranched alkanes of at least 4 members (excludes halogenated alkanes) is 16. The molecule has 17 atom stereocenters. The van der Waals surface area contributed by atoms with Crippen molar-refractivity contribution in [3.8, 4) is 0 Å². The molecule has 19 nitrogen and oxygen atoms in total. The highest BCUT2D eigenvalue weighted by atomic mass is 16.8. The number of allylic oxidation sites excluding steroid dienone is 9. The van der Waals surface area contributed by atoms with Crippen LogP contribution in [0.2, 0.25) is 0 Å². The van der Waals surface area contributed by atoms with Crippen molar-refractivity contribution in [2.45, 2.75) is 266 Å². The molecule has 17 unspecified atom stereocenters. The van der Waals surface area contributed by atoms with E-state index in [1.807, 2.05) is 6.08 Å². The van der Waals surface area contributed by atoms with Gasteiger partial charge in [-0.05, 0) is 77.0 Å². The third kappa shape index (κ3) is 24.9. The average molecular weight is 1090 g/mol. The maximum atomic E-state index is 13.3. The van der Waals surface area contributed by atoms with Gasteiger partial charge in [-0.15, -0.1) is 0 Å². The molecule has 0 aliphatic carbocycles. The summed E-state index contributed by atoms with van der Waals surface area (Å²) in [6, 6.07) is -1.00. The summed E-state index contributed by atoms with van der Waals surface area (Å²) in [5.74, 6) is -0.302. The van der Waals surface area contributed by atoms with Gasteiger partial charge < -0.3 is 89.9 Å². The molecule has 440 valence electrons. The van der Waals surface area contributed by atoms with Gasteiger partial charge in [0.1, 0.15) is 73.2 Å². The molecule has 0 bridgehead atoms. The number of hydrogen-bond donors (Lipinski definition) is 12. The van der Waals surface area contributed by atoms with Crippen LogP contribution < -0.4 is 5.32 Å². The summed E-state index contributed by atoms with van der Waals surface area (Å²) in [5.41, 5.74) is 0. The summed E-state index contributed by atoms with van der Waals surface area (Å²) < 4.78 is 34.1. The fourth-order valence-electron chi connectivity index (χ4n) is 9.25. The number of amides is 1. The summed E-state index contributed by atoms with van der Waals surface area (Å²) in [6.07, 6.45) is 17.8. The van der Waals surface area contributed by atoms with E-state index in [-0.39, 0.29) is 18.9 Å². The summed E-state index contributed by atoms with van der Waals surface area (Å²) in [7, 11) is 0. The third-order valence-corrected chi connectivity index (χ3v) is 14.0. The molecule has 19 heteroatoms. The molecule has 0 aromatic heterocycles. The molecule has 3 rings (SSSR count). The Morgan fingerprint density at radius 3 is 1.42 bits per heavy atom. The van der Waals surface area contributed by atoms with Gasteiger partial charge in [-0.1, -0.05) is 139 Å². The van der Waals surface area contributed by atoms with Gasteiger partial charge in [0.15, 0.2) is 18.9 Å². The SMILES string of the molecule is CCCCC/C=C\C/C=C\CCCCCCCCCC(=O)NC(COC1OC(CO)C(OC2OC(CO)C(OC3OC(CO)C(O)C(O)C3O)C(O)C2O)C(O)C1O)C(O)/C=C/CC/C=C/CC/C=C/CCCCCC. The molecule has 3 aliphatic heterocycles. The molecule has 3 fully saturated rings. The Kier molecular flexibility index (Phi) is 36.2. The molecule has 0 aromatic rings. The van der Waals surface area contributed by atoms with Crippen molar-refractivity contribution >= 4 is 5.91 Å². The topological polar surface area (TPSA) is 307 Å². The first-order valence-corrected chi connectivity index (χ1v) is 28.5. The summed E-state index contributed by atoms with van der Waals surface area (Å²) in [4.78, 5) is 13.3. The van der Waals surface area contributed by atoms with Crippen molar-refractivity contribution in [1.82, 2.24) is 5.32 Å². The van der Waals surface area contributed by atoms with E-state index in [1.54, 1.807) is 6.08 Å². The van der Waals surface area contributed by atoms with Crippen LogP contribution in [0.1, 0.15) is 162 Å². The van der Waals surface area contributed by atoms with Crippen LogP contribution in [0.25, 0.3) is 0 Å². The number of nitrogens with one attached hydrogen (secondary N) is 1. The average Bonchev–Trinajstić information content (AvgIpc) is 3.41. The van der Waals surface area contributed by atoms with Crippen molar-refractivity contribution in [3.05, 3.63) is 60.8 Å². The van der Waals surface area contributed by atoms with Crippen molar-refractivity contribution in [2.75, 3.05) is 26.4 Å². The molecular weight excluding hydrogens is 987 g/mol. The van der Waals surface area contributed by atoms with Crippen molar-refractivity contribution in [1.29, 1.82) is 0 Å². The Morgan fingerprint density at radius 1 is 0.474 bits per heavy atom. The normalized spacial score (nSPS) is 31.4. The lowest BCUT2D eigenvalue weighted by atomic mass is 9.96. The predicted molar refractivity (Wildman–Crippen MR) is 286 cm³/mol. The van der Waals surface area contributed by atoms with Crippen LogP contribution in [-0.2, 0) is 33.2 Å². The third-order valence-electron chi connectivity index (χ3n) is 14.0. The summed E-state index contributed by atoms with van der Waals surface area (Å²) in [6.45, 7) is 1.61. The zero-order valence-electron chi connectivity index (χ0n) is 45.5. The lowest BCUT2D eigenvalue weighted by Crippen LogP contribution is -2.66. The van der Waals surface area contributed by atoms with Gasteiger partial charge in [0.05, 0.1) is 38.6 Å². The van der Waals surface area contributed by atoms with Gasteiger partial charge in [-0.25, -0.2) is 0 Å². The van der Waals surface area contributed by atoms with Gasteiger partial charge in [0.2, 0.25) is 5.91 Å². The Labute approximate surface area is 452 Å². The molecule has 0 aromatic carbocycles. The lowest BCUT2D eigenvalue weighted by Gasteiger charge is -2.48. The zero-order chi connectivity index (χ0) is 55.5. The molecule has 0 radical (unpaired) electrons. The number of ether oxygens (including phenoxy) is 6. The van der Waals surface area contributed by atoms with Gasteiger partial charge in [-0.2, -0.15) is 0 Å². The maximum Gasteiger partial charge on any atom is 0.220 e. The van der Waals surface area contributed by atoms with Gasteiger partial charge in [0.25, 0.3) is 0 Å². The van der Waals surface area contributed by atoms with Crippen molar-refractivity contribution in [3.63, 3.8) is 0 Å². The molecule has 3 saturated heterocycles. The Hall–Kier alpha value is -2.51. The zero-order valence-corrected chi connectivity index (χ0v) is 45.5. The van der Waals surface area contributed by atoms with Crippen LogP contribution in [0.4, 0.5) is 0 Å². The maximum absolute atomic E-state index is 13.3. The molecule has 3 heterocycles. The van der Waals surface area contributed by atoms with Crippen LogP contribution in [0.3, 0.4) is 0 Å². The van der Waals surface area contributed by atoms with Crippen LogP contribution in [0.5, 0.6) is 0 Å². The van der Waals surface area contributed by atoms with E-state index in [0.717, 1.165) is 83.5 Å². The van der Waals surface area contributed by atoms with Gasteiger partial charge in [0, 0.05) is 6.42 Å². The minimum atomic E-state index is -1.98. The smallest absolute Gasteiger partial charge is 0.220 e. The minimum Gasteiger partial charge on any atom is -0.394 e.